The molecule has 1 heterocycles. The topological polar surface area (TPSA) is 34.1 Å². The molecule has 74 valence electrons. The highest BCUT2D eigenvalue weighted by atomic mass is 32.1. The molecule has 1 rings (SSSR count). The summed E-state index contributed by atoms with van der Waals surface area (Å²) in [6.07, 6.45) is 0. The van der Waals surface area contributed by atoms with Gasteiger partial charge in [-0.1, -0.05) is 13.8 Å². The highest BCUT2D eigenvalue weighted by Crippen LogP contribution is 2.11. The van der Waals surface area contributed by atoms with Gasteiger partial charge in [0, 0.05) is 5.38 Å². The third kappa shape index (κ3) is 3.85. The van der Waals surface area contributed by atoms with Crippen molar-refractivity contribution in [1.82, 2.24) is 10.5 Å². The molecule has 1 aromatic heterocycles. The first-order valence-corrected chi connectivity index (χ1v) is 5.40. The zero-order valence-electron chi connectivity index (χ0n) is 8.28. The molecule has 0 fully saturated rings. The summed E-state index contributed by atoms with van der Waals surface area (Å²) in [5.74, 6) is 0.551. The van der Waals surface area contributed by atoms with Crippen molar-refractivity contribution in [2.45, 2.75) is 26.8 Å². The van der Waals surface area contributed by atoms with E-state index in [1.165, 1.54) is 0 Å². The minimum absolute atomic E-state index is 0.171. The Bertz CT molecular complexity index is 224. The number of hydrogen-bond acceptors (Lipinski definition) is 4. The predicted octanol–water partition coefficient (Wildman–Crippen LogP) is 2.38. The molecule has 0 spiro atoms. The van der Waals surface area contributed by atoms with Crippen LogP contribution in [0, 0.1) is 5.92 Å². The molecule has 3 nitrogen and oxygen atoms in total. The van der Waals surface area contributed by atoms with E-state index in [0.717, 1.165) is 12.3 Å². The molecule has 0 aliphatic carbocycles. The van der Waals surface area contributed by atoms with E-state index in [2.05, 4.69) is 24.3 Å². The van der Waals surface area contributed by atoms with Crippen LogP contribution in [0.1, 0.15) is 32.5 Å². The molecule has 1 unspecified atom stereocenters. The zero-order chi connectivity index (χ0) is 9.68. The molecule has 0 aliphatic heterocycles. The second-order valence-corrected chi connectivity index (χ2v) is 4.18. The van der Waals surface area contributed by atoms with Gasteiger partial charge in [-0.15, -0.1) is 11.3 Å². The van der Waals surface area contributed by atoms with E-state index in [4.69, 9.17) is 4.84 Å². The number of nitrogens with one attached hydrogen (secondary N) is 1. The minimum Gasteiger partial charge on any atom is -0.301 e. The van der Waals surface area contributed by atoms with Crippen molar-refractivity contribution in [3.63, 3.8) is 0 Å². The molecule has 4 heteroatoms. The number of nitrogens with zero attached hydrogens (tertiary/aromatic N) is 1. The number of hydroxylamine groups is 1. The summed E-state index contributed by atoms with van der Waals surface area (Å²) in [5.41, 5.74) is 5.83. The second kappa shape index (κ2) is 5.32. The van der Waals surface area contributed by atoms with Crippen LogP contribution in [-0.4, -0.2) is 11.6 Å². The van der Waals surface area contributed by atoms with Crippen LogP contribution in [0.4, 0.5) is 0 Å². The van der Waals surface area contributed by atoms with Crippen molar-refractivity contribution in [2.24, 2.45) is 5.92 Å². The third-order valence-corrected chi connectivity index (χ3v) is 2.18. The molecule has 0 radical (unpaired) electrons. The van der Waals surface area contributed by atoms with Gasteiger partial charge in [-0.2, -0.15) is 5.48 Å². The average molecular weight is 200 g/mol. The van der Waals surface area contributed by atoms with Crippen molar-refractivity contribution in [1.29, 1.82) is 0 Å². The van der Waals surface area contributed by atoms with Gasteiger partial charge in [-0.25, -0.2) is 4.98 Å². The molecular weight excluding hydrogens is 184 g/mol. The predicted molar refractivity (Wildman–Crippen MR) is 54.5 cm³/mol. The van der Waals surface area contributed by atoms with Crippen LogP contribution in [0.15, 0.2) is 10.9 Å². The molecule has 0 saturated carbocycles. The van der Waals surface area contributed by atoms with Crippen LogP contribution in [0.5, 0.6) is 0 Å². The van der Waals surface area contributed by atoms with E-state index >= 15 is 0 Å². The Morgan fingerprint density at radius 3 is 2.85 bits per heavy atom. The fourth-order valence-electron chi connectivity index (χ4n) is 0.836. The summed E-state index contributed by atoms with van der Waals surface area (Å²) in [4.78, 5) is 9.49. The van der Waals surface area contributed by atoms with Gasteiger partial charge >= 0.3 is 0 Å². The molecule has 1 N–H and O–H groups in total. The number of rotatable bonds is 5. The van der Waals surface area contributed by atoms with Crippen molar-refractivity contribution >= 4 is 11.3 Å². The molecule has 0 bridgehead atoms. The van der Waals surface area contributed by atoms with E-state index < -0.39 is 0 Å². The van der Waals surface area contributed by atoms with Gasteiger partial charge < -0.3 is 4.84 Å². The van der Waals surface area contributed by atoms with Gasteiger partial charge in [0.15, 0.2) is 0 Å². The first-order valence-electron chi connectivity index (χ1n) is 4.45. The number of aromatic nitrogens is 1. The summed E-state index contributed by atoms with van der Waals surface area (Å²) < 4.78 is 0. The summed E-state index contributed by atoms with van der Waals surface area (Å²) in [5, 5.41) is 2.02. The van der Waals surface area contributed by atoms with Crippen molar-refractivity contribution in [3.05, 3.63) is 16.6 Å². The fourth-order valence-corrected chi connectivity index (χ4v) is 1.48. The largest absolute Gasteiger partial charge is 0.301 e. The van der Waals surface area contributed by atoms with Crippen molar-refractivity contribution in [2.75, 3.05) is 6.61 Å². The molecule has 1 atom stereocenters. The Balaban J connectivity index is 2.22. The fraction of sp³-hybridized carbons (Fsp3) is 0.667. The van der Waals surface area contributed by atoms with Crippen LogP contribution in [0.3, 0.4) is 0 Å². The molecule has 0 saturated heterocycles. The standard InChI is InChI=1S/C9H16N2OS/c1-7(2)4-12-11-8(3)9-5-13-6-10-9/h5-8,11H,4H2,1-3H3. The molecule has 13 heavy (non-hydrogen) atoms. The minimum atomic E-state index is 0.171. The molecule has 0 aromatic carbocycles. The molecular formula is C9H16N2OS. The molecule has 0 aliphatic rings. The monoisotopic (exact) mass is 200 g/mol. The lowest BCUT2D eigenvalue weighted by Gasteiger charge is -2.12. The lowest BCUT2D eigenvalue weighted by Crippen LogP contribution is -2.21. The molecule has 1 aromatic rings. The Kier molecular flexibility index (Phi) is 4.35. The first-order chi connectivity index (χ1) is 6.20. The van der Waals surface area contributed by atoms with Gasteiger partial charge in [-0.3, -0.25) is 0 Å². The van der Waals surface area contributed by atoms with Crippen molar-refractivity contribution in [3.8, 4) is 0 Å². The van der Waals surface area contributed by atoms with Crippen LogP contribution >= 0.6 is 11.3 Å². The Hall–Kier alpha value is -0.450. The van der Waals surface area contributed by atoms with Crippen LogP contribution in [0.2, 0.25) is 0 Å². The Morgan fingerprint density at radius 1 is 1.54 bits per heavy atom. The average Bonchev–Trinajstić information content (AvgIpc) is 2.55. The Morgan fingerprint density at radius 2 is 2.31 bits per heavy atom. The number of thiazole rings is 1. The van der Waals surface area contributed by atoms with Gasteiger partial charge in [0.05, 0.1) is 23.9 Å². The molecule has 0 amide bonds. The zero-order valence-corrected chi connectivity index (χ0v) is 9.10. The van der Waals surface area contributed by atoms with Gasteiger partial charge in [0.2, 0.25) is 0 Å². The quantitative estimate of drug-likeness (QED) is 0.741. The lowest BCUT2D eigenvalue weighted by molar-refractivity contribution is 0.00339. The van der Waals surface area contributed by atoms with Crippen LogP contribution in [-0.2, 0) is 4.84 Å². The van der Waals surface area contributed by atoms with E-state index in [9.17, 15) is 0 Å². The van der Waals surface area contributed by atoms with E-state index in [0.29, 0.717) is 5.92 Å². The van der Waals surface area contributed by atoms with E-state index in [1.807, 2.05) is 17.8 Å². The summed E-state index contributed by atoms with van der Waals surface area (Å²) >= 11 is 1.60. The summed E-state index contributed by atoms with van der Waals surface area (Å²) in [6.45, 7) is 7.01. The lowest BCUT2D eigenvalue weighted by atomic mass is 10.2. The van der Waals surface area contributed by atoms with Gasteiger partial charge in [0.25, 0.3) is 0 Å². The Labute approximate surface area is 83.1 Å². The SMILES string of the molecule is CC(C)CONC(C)c1cscn1. The first kappa shape index (κ1) is 10.6. The van der Waals surface area contributed by atoms with Gasteiger partial charge in [-0.05, 0) is 12.8 Å². The smallest absolute Gasteiger partial charge is 0.0795 e. The maximum atomic E-state index is 5.30. The van der Waals surface area contributed by atoms with Crippen LogP contribution in [0.25, 0.3) is 0 Å². The van der Waals surface area contributed by atoms with E-state index in [1.54, 1.807) is 11.3 Å². The van der Waals surface area contributed by atoms with E-state index in [-0.39, 0.29) is 6.04 Å². The maximum Gasteiger partial charge on any atom is 0.0795 e. The van der Waals surface area contributed by atoms with Gasteiger partial charge in [0.1, 0.15) is 0 Å². The normalized spacial score (nSPS) is 13.5. The number of hydrogen-bond donors (Lipinski definition) is 1. The highest BCUT2D eigenvalue weighted by Gasteiger charge is 2.06. The highest BCUT2D eigenvalue weighted by molar-refractivity contribution is 7.07. The van der Waals surface area contributed by atoms with Crippen LogP contribution < -0.4 is 5.48 Å². The summed E-state index contributed by atoms with van der Waals surface area (Å²) in [6, 6.07) is 0.171. The second-order valence-electron chi connectivity index (χ2n) is 3.46. The summed E-state index contributed by atoms with van der Waals surface area (Å²) in [7, 11) is 0. The maximum absolute atomic E-state index is 5.30. The van der Waals surface area contributed by atoms with Crippen molar-refractivity contribution < 1.29 is 4.84 Å². The third-order valence-electron chi connectivity index (χ3n) is 1.57.